The standard InChI is InChI=1S/C24H17N3O5/c1-13-6-11-18-17(12-13)22(28)20-21(15-7-9-16(10-8-15)27(30)31)26(24(29)23(20)32-18)19-5-3-4-14(2)25-19/h3-12,21H,1-2H3/t21-/m1/s1. The van der Waals surface area contributed by atoms with Gasteiger partial charge >= 0.3 is 0 Å². The molecular weight excluding hydrogens is 410 g/mol. The number of hydrogen-bond donors (Lipinski definition) is 0. The second-order valence-corrected chi connectivity index (χ2v) is 7.74. The zero-order valence-corrected chi connectivity index (χ0v) is 17.2. The Balaban J connectivity index is 1.80. The molecule has 3 heterocycles. The maximum atomic E-state index is 13.6. The molecule has 1 aliphatic rings. The molecule has 0 spiro atoms. The van der Waals surface area contributed by atoms with E-state index in [1.165, 1.54) is 17.0 Å². The van der Waals surface area contributed by atoms with E-state index in [4.69, 9.17) is 4.42 Å². The molecule has 158 valence electrons. The summed E-state index contributed by atoms with van der Waals surface area (Å²) in [4.78, 5) is 43.5. The van der Waals surface area contributed by atoms with Crippen molar-refractivity contribution >= 4 is 28.4 Å². The Kier molecular flexibility index (Phi) is 4.37. The fraction of sp³-hybridized carbons (Fsp3) is 0.125. The molecule has 2 aromatic carbocycles. The van der Waals surface area contributed by atoms with Gasteiger partial charge < -0.3 is 4.42 Å². The van der Waals surface area contributed by atoms with Crippen LogP contribution in [-0.2, 0) is 0 Å². The van der Waals surface area contributed by atoms with Crippen LogP contribution in [0.3, 0.4) is 0 Å². The van der Waals surface area contributed by atoms with E-state index in [2.05, 4.69) is 4.98 Å². The molecule has 0 aliphatic carbocycles. The van der Waals surface area contributed by atoms with Gasteiger partial charge in [-0.15, -0.1) is 0 Å². The first kappa shape index (κ1) is 19.6. The summed E-state index contributed by atoms with van der Waals surface area (Å²) in [7, 11) is 0. The smallest absolute Gasteiger partial charge is 0.296 e. The summed E-state index contributed by atoms with van der Waals surface area (Å²) in [6, 6.07) is 15.5. The summed E-state index contributed by atoms with van der Waals surface area (Å²) in [5, 5.41) is 11.5. The molecule has 8 nitrogen and oxygen atoms in total. The number of fused-ring (bicyclic) bond motifs is 2. The summed E-state index contributed by atoms with van der Waals surface area (Å²) in [6.07, 6.45) is 0. The van der Waals surface area contributed by atoms with Crippen LogP contribution in [0.2, 0.25) is 0 Å². The number of nitro benzene ring substituents is 1. The van der Waals surface area contributed by atoms with Crippen molar-refractivity contribution in [3.63, 3.8) is 0 Å². The van der Waals surface area contributed by atoms with Crippen molar-refractivity contribution in [2.75, 3.05) is 4.90 Å². The number of hydrogen-bond acceptors (Lipinski definition) is 6. The van der Waals surface area contributed by atoms with Crippen LogP contribution < -0.4 is 10.3 Å². The van der Waals surface area contributed by atoms with Crippen LogP contribution in [0.1, 0.15) is 39.0 Å². The van der Waals surface area contributed by atoms with Gasteiger partial charge in [-0.25, -0.2) is 4.98 Å². The number of amides is 1. The largest absolute Gasteiger partial charge is 0.450 e. The van der Waals surface area contributed by atoms with Gasteiger partial charge in [0, 0.05) is 17.8 Å². The molecule has 0 N–H and O–H groups in total. The van der Waals surface area contributed by atoms with Gasteiger partial charge in [-0.2, -0.15) is 0 Å². The fourth-order valence-corrected chi connectivity index (χ4v) is 4.08. The van der Waals surface area contributed by atoms with E-state index in [1.54, 1.807) is 49.4 Å². The average molecular weight is 427 g/mol. The first-order valence-electron chi connectivity index (χ1n) is 9.94. The van der Waals surface area contributed by atoms with Crippen molar-refractivity contribution in [2.45, 2.75) is 19.9 Å². The number of aryl methyl sites for hydroxylation is 2. The van der Waals surface area contributed by atoms with Crippen molar-refractivity contribution in [1.82, 2.24) is 4.98 Å². The molecular formula is C24H17N3O5. The van der Waals surface area contributed by atoms with Crippen LogP contribution in [0.15, 0.2) is 69.9 Å². The van der Waals surface area contributed by atoms with Crippen molar-refractivity contribution < 1.29 is 14.1 Å². The first-order valence-corrected chi connectivity index (χ1v) is 9.94. The number of non-ortho nitro benzene ring substituents is 1. The van der Waals surface area contributed by atoms with Gasteiger partial charge in [-0.3, -0.25) is 24.6 Å². The van der Waals surface area contributed by atoms with Gasteiger partial charge in [0.1, 0.15) is 11.4 Å². The van der Waals surface area contributed by atoms with Gasteiger partial charge in [0.05, 0.1) is 21.9 Å². The quantitative estimate of drug-likeness (QED) is 0.353. The van der Waals surface area contributed by atoms with Gasteiger partial charge in [0.15, 0.2) is 5.43 Å². The molecule has 0 saturated carbocycles. The fourth-order valence-electron chi connectivity index (χ4n) is 4.08. The van der Waals surface area contributed by atoms with Crippen LogP contribution in [0.5, 0.6) is 0 Å². The lowest BCUT2D eigenvalue weighted by atomic mass is 9.98. The van der Waals surface area contributed by atoms with Gasteiger partial charge in [0.25, 0.3) is 11.6 Å². The summed E-state index contributed by atoms with van der Waals surface area (Å²) >= 11 is 0. The number of benzene rings is 2. The Morgan fingerprint density at radius 3 is 2.47 bits per heavy atom. The molecule has 0 unspecified atom stereocenters. The van der Waals surface area contributed by atoms with Crippen molar-refractivity contribution in [3.05, 3.63) is 109 Å². The lowest BCUT2D eigenvalue weighted by Gasteiger charge is -2.24. The molecule has 32 heavy (non-hydrogen) atoms. The molecule has 1 atom stereocenters. The Hall–Kier alpha value is -4.33. The number of carbonyl (C=O) groups is 1. The molecule has 4 aromatic rings. The maximum Gasteiger partial charge on any atom is 0.296 e. The minimum absolute atomic E-state index is 0.0435. The third kappa shape index (κ3) is 2.96. The second-order valence-electron chi connectivity index (χ2n) is 7.74. The topological polar surface area (TPSA) is 107 Å². The Morgan fingerprint density at radius 2 is 1.78 bits per heavy atom. The van der Waals surface area contributed by atoms with E-state index in [1.807, 2.05) is 13.0 Å². The SMILES string of the molecule is Cc1ccc2oc3c(c(=O)c2c1)[C@@H](c1ccc([N+](=O)[O-])cc1)N(c1cccc(C)n1)C3=O. The van der Waals surface area contributed by atoms with E-state index in [0.29, 0.717) is 28.0 Å². The number of aromatic nitrogens is 1. The molecule has 2 aromatic heterocycles. The van der Waals surface area contributed by atoms with E-state index in [-0.39, 0.29) is 22.4 Å². The Morgan fingerprint density at radius 1 is 1.03 bits per heavy atom. The highest BCUT2D eigenvalue weighted by Gasteiger charge is 2.44. The summed E-state index contributed by atoms with van der Waals surface area (Å²) < 4.78 is 5.92. The third-order valence-corrected chi connectivity index (χ3v) is 5.57. The number of anilines is 1. The third-order valence-electron chi connectivity index (χ3n) is 5.57. The highest BCUT2D eigenvalue weighted by molar-refractivity contribution is 6.10. The Labute approximate surface area is 181 Å². The molecule has 0 bridgehead atoms. The van der Waals surface area contributed by atoms with Crippen molar-refractivity contribution in [2.24, 2.45) is 0 Å². The molecule has 0 saturated heterocycles. The van der Waals surface area contributed by atoms with E-state index >= 15 is 0 Å². The minimum atomic E-state index is -0.825. The van der Waals surface area contributed by atoms with Crippen molar-refractivity contribution in [1.29, 1.82) is 0 Å². The van der Waals surface area contributed by atoms with Crippen LogP contribution in [0, 0.1) is 24.0 Å². The molecule has 0 radical (unpaired) electrons. The Bertz CT molecular complexity index is 1470. The normalized spacial score (nSPS) is 15.2. The van der Waals surface area contributed by atoms with Gasteiger partial charge in [0.2, 0.25) is 5.76 Å². The van der Waals surface area contributed by atoms with Crippen LogP contribution in [0.4, 0.5) is 11.5 Å². The van der Waals surface area contributed by atoms with Crippen molar-refractivity contribution in [3.8, 4) is 0 Å². The predicted molar refractivity (Wildman–Crippen MR) is 118 cm³/mol. The highest BCUT2D eigenvalue weighted by Crippen LogP contribution is 2.41. The van der Waals surface area contributed by atoms with E-state index < -0.39 is 16.9 Å². The number of pyridine rings is 1. The van der Waals surface area contributed by atoms with Gasteiger partial charge in [-0.1, -0.05) is 17.7 Å². The number of nitro groups is 1. The summed E-state index contributed by atoms with van der Waals surface area (Å²) in [5.74, 6) is -0.163. The number of carbonyl (C=O) groups excluding carboxylic acids is 1. The van der Waals surface area contributed by atoms with E-state index in [0.717, 1.165) is 5.56 Å². The molecule has 5 rings (SSSR count). The van der Waals surface area contributed by atoms with Crippen LogP contribution >= 0.6 is 0 Å². The first-order chi connectivity index (χ1) is 15.3. The lowest BCUT2D eigenvalue weighted by Crippen LogP contribution is -2.30. The number of nitrogens with zero attached hydrogens (tertiary/aromatic N) is 3. The molecule has 1 aliphatic heterocycles. The summed E-state index contributed by atoms with van der Waals surface area (Å²) in [5.41, 5.74) is 2.27. The predicted octanol–water partition coefficient (Wildman–Crippen LogP) is 4.46. The zero-order valence-electron chi connectivity index (χ0n) is 17.2. The molecule has 0 fully saturated rings. The van der Waals surface area contributed by atoms with E-state index in [9.17, 15) is 19.7 Å². The van der Waals surface area contributed by atoms with Crippen LogP contribution in [-0.4, -0.2) is 15.8 Å². The molecule has 8 heteroatoms. The zero-order chi connectivity index (χ0) is 22.6. The van der Waals surface area contributed by atoms with Gasteiger partial charge in [-0.05, 0) is 55.8 Å². The number of rotatable bonds is 3. The average Bonchev–Trinajstić information content (AvgIpc) is 3.07. The second kappa shape index (κ2) is 7.12. The monoisotopic (exact) mass is 427 g/mol. The molecule has 1 amide bonds. The summed E-state index contributed by atoms with van der Waals surface area (Å²) in [6.45, 7) is 3.67. The lowest BCUT2D eigenvalue weighted by molar-refractivity contribution is -0.384. The minimum Gasteiger partial charge on any atom is -0.450 e. The highest BCUT2D eigenvalue weighted by atomic mass is 16.6. The maximum absolute atomic E-state index is 13.6. The van der Waals surface area contributed by atoms with Crippen LogP contribution in [0.25, 0.3) is 11.0 Å².